The van der Waals surface area contributed by atoms with Gasteiger partial charge in [-0.1, -0.05) is 0 Å². The molecule has 0 aliphatic rings. The van der Waals surface area contributed by atoms with Gasteiger partial charge in [0.25, 0.3) is 0 Å². The third-order valence-electron chi connectivity index (χ3n) is 2.91. The molecule has 0 aliphatic carbocycles. The van der Waals surface area contributed by atoms with Crippen LogP contribution in [0.4, 0.5) is 8.78 Å². The Kier molecular flexibility index (Phi) is 6.42. The second-order valence-electron chi connectivity index (χ2n) is 4.27. The van der Waals surface area contributed by atoms with Crippen molar-refractivity contribution < 1.29 is 13.6 Å². The molecule has 0 spiro atoms. The normalized spacial score (nSPS) is 10.5. The van der Waals surface area contributed by atoms with E-state index in [0.717, 1.165) is 6.07 Å². The Morgan fingerprint density at radius 1 is 1.16 bits per heavy atom. The van der Waals surface area contributed by atoms with Gasteiger partial charge in [-0.25, -0.2) is 8.78 Å². The van der Waals surface area contributed by atoms with Crippen LogP contribution in [0.15, 0.2) is 18.2 Å². The predicted molar refractivity (Wildman–Crippen MR) is 70.9 cm³/mol. The van der Waals surface area contributed by atoms with E-state index in [9.17, 15) is 13.6 Å². The Bertz CT molecular complexity index is 400. The lowest BCUT2D eigenvalue weighted by atomic mass is 10.1. The molecule has 106 valence electrons. The smallest absolute Gasteiger partial charge is 0.236 e. The zero-order valence-electron chi connectivity index (χ0n) is 11.4. The van der Waals surface area contributed by atoms with Gasteiger partial charge in [0, 0.05) is 19.2 Å². The average molecular weight is 270 g/mol. The zero-order chi connectivity index (χ0) is 14.3. The van der Waals surface area contributed by atoms with Gasteiger partial charge >= 0.3 is 0 Å². The summed E-state index contributed by atoms with van der Waals surface area (Å²) in [6.45, 7) is 5.99. The number of rotatable bonds is 7. The van der Waals surface area contributed by atoms with Crippen LogP contribution in [0, 0.1) is 11.6 Å². The molecular weight excluding hydrogens is 250 g/mol. The molecule has 0 radical (unpaired) electrons. The summed E-state index contributed by atoms with van der Waals surface area (Å²) in [6, 6.07) is 3.45. The number of halogens is 2. The molecule has 5 heteroatoms. The molecule has 1 aromatic carbocycles. The van der Waals surface area contributed by atoms with Gasteiger partial charge in [0.1, 0.15) is 11.6 Å². The first kappa shape index (κ1) is 15.6. The van der Waals surface area contributed by atoms with Crippen LogP contribution in [0.3, 0.4) is 0 Å². The zero-order valence-corrected chi connectivity index (χ0v) is 11.4. The summed E-state index contributed by atoms with van der Waals surface area (Å²) in [6.07, 6.45) is 0.486. The first-order valence-corrected chi connectivity index (χ1v) is 6.50. The highest BCUT2D eigenvalue weighted by molar-refractivity contribution is 5.78. The summed E-state index contributed by atoms with van der Waals surface area (Å²) in [7, 11) is 0. The largest absolute Gasteiger partial charge is 0.342 e. The van der Waals surface area contributed by atoms with Crippen LogP contribution in [0.25, 0.3) is 0 Å². The Balaban J connectivity index is 2.32. The molecule has 0 fully saturated rings. The number of hydrogen-bond donors (Lipinski definition) is 1. The summed E-state index contributed by atoms with van der Waals surface area (Å²) >= 11 is 0. The molecule has 1 aromatic rings. The fraction of sp³-hybridized carbons (Fsp3) is 0.500. The molecule has 0 aliphatic heterocycles. The van der Waals surface area contributed by atoms with Gasteiger partial charge in [-0.05, 0) is 44.5 Å². The first-order chi connectivity index (χ1) is 9.06. The van der Waals surface area contributed by atoms with Gasteiger partial charge in [-0.3, -0.25) is 4.79 Å². The molecule has 1 rings (SSSR count). The number of amides is 1. The molecule has 0 saturated carbocycles. The second kappa shape index (κ2) is 7.84. The monoisotopic (exact) mass is 270 g/mol. The number of carbonyl (C=O) groups excluding carboxylic acids is 1. The van der Waals surface area contributed by atoms with Crippen LogP contribution < -0.4 is 5.32 Å². The highest BCUT2D eigenvalue weighted by Crippen LogP contribution is 2.07. The van der Waals surface area contributed by atoms with Crippen LogP contribution >= 0.6 is 0 Å². The quantitative estimate of drug-likeness (QED) is 0.768. The molecule has 0 saturated heterocycles. The van der Waals surface area contributed by atoms with Crippen LogP contribution in [0.1, 0.15) is 19.4 Å². The van der Waals surface area contributed by atoms with Crippen molar-refractivity contribution in [2.45, 2.75) is 20.3 Å². The van der Waals surface area contributed by atoms with E-state index >= 15 is 0 Å². The van der Waals surface area contributed by atoms with Gasteiger partial charge in [-0.15, -0.1) is 0 Å². The Morgan fingerprint density at radius 3 is 2.26 bits per heavy atom. The van der Waals surface area contributed by atoms with E-state index in [4.69, 9.17) is 0 Å². The number of nitrogens with zero attached hydrogens (tertiary/aromatic N) is 1. The molecule has 0 unspecified atom stereocenters. The lowest BCUT2D eigenvalue weighted by Gasteiger charge is -2.18. The molecule has 3 nitrogen and oxygen atoms in total. The number of hydrogen-bond acceptors (Lipinski definition) is 2. The van der Waals surface area contributed by atoms with Crippen LogP contribution in [0.2, 0.25) is 0 Å². The number of likely N-dealkylation sites (N-methyl/N-ethyl adjacent to an activating group) is 1. The van der Waals surface area contributed by atoms with Gasteiger partial charge < -0.3 is 10.2 Å². The second-order valence-corrected chi connectivity index (χ2v) is 4.27. The van der Waals surface area contributed by atoms with Crippen molar-refractivity contribution in [3.05, 3.63) is 35.4 Å². The van der Waals surface area contributed by atoms with E-state index in [1.165, 1.54) is 12.1 Å². The van der Waals surface area contributed by atoms with Crippen LogP contribution in [-0.2, 0) is 11.2 Å². The van der Waals surface area contributed by atoms with Gasteiger partial charge in [0.15, 0.2) is 0 Å². The van der Waals surface area contributed by atoms with E-state index in [0.29, 0.717) is 31.6 Å². The van der Waals surface area contributed by atoms with Crippen molar-refractivity contribution in [2.75, 3.05) is 26.2 Å². The Hall–Kier alpha value is -1.49. The van der Waals surface area contributed by atoms with Crippen LogP contribution in [0.5, 0.6) is 0 Å². The van der Waals surface area contributed by atoms with E-state index in [-0.39, 0.29) is 12.5 Å². The molecule has 1 N–H and O–H groups in total. The maximum absolute atomic E-state index is 12.9. The fourth-order valence-electron chi connectivity index (χ4n) is 1.87. The highest BCUT2D eigenvalue weighted by Gasteiger charge is 2.08. The van der Waals surface area contributed by atoms with Gasteiger partial charge in [-0.2, -0.15) is 0 Å². The highest BCUT2D eigenvalue weighted by atomic mass is 19.1. The number of nitrogens with one attached hydrogen (secondary N) is 1. The van der Waals surface area contributed by atoms with E-state index in [2.05, 4.69) is 5.32 Å². The molecule has 0 heterocycles. The minimum atomic E-state index is -0.575. The van der Waals surface area contributed by atoms with E-state index in [1.54, 1.807) is 4.90 Å². The molecular formula is C14H20F2N2O. The Labute approximate surface area is 112 Å². The Morgan fingerprint density at radius 2 is 1.74 bits per heavy atom. The fourth-order valence-corrected chi connectivity index (χ4v) is 1.87. The summed E-state index contributed by atoms with van der Waals surface area (Å²) in [4.78, 5) is 13.4. The van der Waals surface area contributed by atoms with E-state index < -0.39 is 11.6 Å². The summed E-state index contributed by atoms with van der Waals surface area (Å²) in [5.74, 6) is -1.11. The standard InChI is InChI=1S/C14H20F2N2O/c1-3-18(4-2)14(19)10-17-6-5-11-7-12(15)9-13(16)8-11/h7-9,17H,3-6,10H2,1-2H3. The van der Waals surface area contributed by atoms with Crippen molar-refractivity contribution in [3.8, 4) is 0 Å². The third-order valence-corrected chi connectivity index (χ3v) is 2.91. The molecule has 0 aromatic heterocycles. The summed E-state index contributed by atoms with van der Waals surface area (Å²) in [5.41, 5.74) is 0.584. The summed E-state index contributed by atoms with van der Waals surface area (Å²) < 4.78 is 25.9. The number of benzene rings is 1. The lowest BCUT2D eigenvalue weighted by Crippen LogP contribution is -2.38. The van der Waals surface area contributed by atoms with Crippen molar-refractivity contribution in [1.29, 1.82) is 0 Å². The predicted octanol–water partition coefficient (Wildman–Crippen LogP) is 1.97. The van der Waals surface area contributed by atoms with Crippen molar-refractivity contribution >= 4 is 5.91 Å². The SMILES string of the molecule is CCN(CC)C(=O)CNCCc1cc(F)cc(F)c1. The topological polar surface area (TPSA) is 32.3 Å². The molecule has 0 bridgehead atoms. The average Bonchev–Trinajstić information content (AvgIpc) is 2.35. The van der Waals surface area contributed by atoms with Crippen LogP contribution in [-0.4, -0.2) is 37.0 Å². The number of carbonyl (C=O) groups is 1. The van der Waals surface area contributed by atoms with Crippen molar-refractivity contribution in [2.24, 2.45) is 0 Å². The van der Waals surface area contributed by atoms with Crippen molar-refractivity contribution in [3.63, 3.8) is 0 Å². The maximum Gasteiger partial charge on any atom is 0.236 e. The minimum absolute atomic E-state index is 0.0374. The maximum atomic E-state index is 12.9. The van der Waals surface area contributed by atoms with Gasteiger partial charge in [0.2, 0.25) is 5.91 Å². The molecule has 0 atom stereocenters. The first-order valence-electron chi connectivity index (χ1n) is 6.50. The lowest BCUT2D eigenvalue weighted by molar-refractivity contribution is -0.129. The molecule has 19 heavy (non-hydrogen) atoms. The van der Waals surface area contributed by atoms with E-state index in [1.807, 2.05) is 13.8 Å². The summed E-state index contributed by atoms with van der Waals surface area (Å²) in [5, 5.41) is 2.99. The minimum Gasteiger partial charge on any atom is -0.342 e. The molecule has 1 amide bonds. The third kappa shape index (κ3) is 5.34. The van der Waals surface area contributed by atoms with Crippen molar-refractivity contribution in [1.82, 2.24) is 10.2 Å². The van der Waals surface area contributed by atoms with Gasteiger partial charge in [0.05, 0.1) is 6.54 Å².